The van der Waals surface area contributed by atoms with Crippen LogP contribution < -0.4 is 10.6 Å². The summed E-state index contributed by atoms with van der Waals surface area (Å²) >= 11 is 0. The number of amides is 1. The molecule has 0 aromatic heterocycles. The van der Waals surface area contributed by atoms with Crippen LogP contribution in [0.3, 0.4) is 0 Å². The van der Waals surface area contributed by atoms with Crippen molar-refractivity contribution in [2.75, 3.05) is 32.8 Å². The van der Waals surface area contributed by atoms with Crippen molar-refractivity contribution in [1.82, 2.24) is 15.5 Å². The first-order chi connectivity index (χ1) is 9.67. The van der Waals surface area contributed by atoms with E-state index in [1.165, 1.54) is 25.8 Å². The number of rotatable bonds is 3. The fourth-order valence-electron chi connectivity index (χ4n) is 3.66. The summed E-state index contributed by atoms with van der Waals surface area (Å²) in [6.07, 6.45) is 5.94. The first-order valence-corrected chi connectivity index (χ1v) is 8.06. The molecule has 3 heterocycles. The van der Waals surface area contributed by atoms with Crippen molar-refractivity contribution in [3.63, 3.8) is 0 Å². The van der Waals surface area contributed by atoms with E-state index in [4.69, 9.17) is 4.74 Å². The molecule has 0 radical (unpaired) electrons. The first kappa shape index (κ1) is 14.3. The monoisotopic (exact) mass is 281 g/mol. The van der Waals surface area contributed by atoms with Crippen LogP contribution in [0.25, 0.3) is 0 Å². The predicted molar refractivity (Wildman–Crippen MR) is 77.6 cm³/mol. The van der Waals surface area contributed by atoms with Gasteiger partial charge in [-0.3, -0.25) is 9.69 Å². The Bertz CT molecular complexity index is 355. The Morgan fingerprint density at radius 2 is 2.35 bits per heavy atom. The van der Waals surface area contributed by atoms with Crippen LogP contribution in [0.5, 0.6) is 0 Å². The first-order valence-electron chi connectivity index (χ1n) is 8.06. The summed E-state index contributed by atoms with van der Waals surface area (Å²) in [4.78, 5) is 14.9. The third-order valence-corrected chi connectivity index (χ3v) is 5.07. The predicted octanol–water partition coefficient (Wildman–Crippen LogP) is 0.498. The summed E-state index contributed by atoms with van der Waals surface area (Å²) < 4.78 is 5.89. The number of morpholine rings is 1. The van der Waals surface area contributed by atoms with Gasteiger partial charge >= 0.3 is 0 Å². The van der Waals surface area contributed by atoms with Gasteiger partial charge in [-0.25, -0.2) is 0 Å². The molecule has 114 valence electrons. The van der Waals surface area contributed by atoms with Crippen molar-refractivity contribution in [2.24, 2.45) is 0 Å². The maximum Gasteiger partial charge on any atom is 0.240 e. The maximum absolute atomic E-state index is 12.3. The highest BCUT2D eigenvalue weighted by atomic mass is 16.5. The highest BCUT2D eigenvalue weighted by molar-refractivity contribution is 5.86. The Morgan fingerprint density at radius 1 is 1.45 bits per heavy atom. The summed E-state index contributed by atoms with van der Waals surface area (Å²) in [7, 11) is 0. The number of piperidine rings is 1. The van der Waals surface area contributed by atoms with Crippen LogP contribution in [-0.4, -0.2) is 61.3 Å². The molecule has 2 N–H and O–H groups in total. The van der Waals surface area contributed by atoms with Gasteiger partial charge in [-0.2, -0.15) is 0 Å². The molecule has 0 aromatic carbocycles. The SMILES string of the molecule is CC1(C(=O)NCC2CN3CCCC3CO2)CCCCN1. The van der Waals surface area contributed by atoms with Gasteiger partial charge in [0.2, 0.25) is 5.91 Å². The summed E-state index contributed by atoms with van der Waals surface area (Å²) in [6, 6.07) is 0.625. The number of ether oxygens (including phenoxy) is 1. The zero-order valence-electron chi connectivity index (χ0n) is 12.5. The zero-order chi connectivity index (χ0) is 14.0. The number of hydrogen-bond acceptors (Lipinski definition) is 4. The minimum absolute atomic E-state index is 0.129. The molecule has 3 aliphatic heterocycles. The molecule has 0 aromatic rings. The molecule has 20 heavy (non-hydrogen) atoms. The Hall–Kier alpha value is -0.650. The number of carbonyl (C=O) groups excluding carboxylic acids is 1. The molecule has 1 amide bonds. The molecule has 3 fully saturated rings. The van der Waals surface area contributed by atoms with Gasteiger partial charge < -0.3 is 15.4 Å². The molecule has 0 saturated carbocycles. The van der Waals surface area contributed by atoms with Crippen LogP contribution in [0.4, 0.5) is 0 Å². The summed E-state index contributed by atoms with van der Waals surface area (Å²) in [6.45, 7) is 6.58. The lowest BCUT2D eigenvalue weighted by molar-refractivity contribution is -0.129. The standard InChI is InChI=1S/C15H27N3O2/c1-15(6-2-3-7-17-15)14(19)16-9-13-10-18-8-4-5-12(18)11-20-13/h12-13,17H,2-11H2,1H3,(H,16,19). The van der Waals surface area contributed by atoms with Crippen LogP contribution >= 0.6 is 0 Å². The van der Waals surface area contributed by atoms with Crippen LogP contribution in [0.2, 0.25) is 0 Å². The third-order valence-electron chi connectivity index (χ3n) is 5.07. The molecule has 5 heteroatoms. The van der Waals surface area contributed by atoms with E-state index in [1.807, 2.05) is 6.92 Å². The minimum atomic E-state index is -0.386. The molecule has 3 rings (SSSR count). The van der Waals surface area contributed by atoms with Crippen molar-refractivity contribution in [3.8, 4) is 0 Å². The van der Waals surface area contributed by atoms with Crippen molar-refractivity contribution in [1.29, 1.82) is 0 Å². The fraction of sp³-hybridized carbons (Fsp3) is 0.933. The van der Waals surface area contributed by atoms with E-state index in [-0.39, 0.29) is 17.6 Å². The van der Waals surface area contributed by atoms with Crippen LogP contribution in [0, 0.1) is 0 Å². The Balaban J connectivity index is 1.45. The van der Waals surface area contributed by atoms with E-state index in [0.717, 1.165) is 32.5 Å². The van der Waals surface area contributed by atoms with Gasteiger partial charge in [-0.05, 0) is 52.1 Å². The van der Waals surface area contributed by atoms with Gasteiger partial charge in [-0.15, -0.1) is 0 Å². The number of nitrogens with zero attached hydrogens (tertiary/aromatic N) is 1. The summed E-state index contributed by atoms with van der Waals surface area (Å²) in [5.41, 5.74) is -0.386. The molecule has 3 aliphatic rings. The normalized spacial score (nSPS) is 38.5. The second kappa shape index (κ2) is 6.00. The maximum atomic E-state index is 12.3. The topological polar surface area (TPSA) is 53.6 Å². The minimum Gasteiger partial charge on any atom is -0.373 e. The Labute approximate surface area is 121 Å². The van der Waals surface area contributed by atoms with Gasteiger partial charge in [0, 0.05) is 19.1 Å². The highest BCUT2D eigenvalue weighted by Crippen LogP contribution is 2.23. The fourth-order valence-corrected chi connectivity index (χ4v) is 3.66. The van der Waals surface area contributed by atoms with E-state index in [1.54, 1.807) is 0 Å². The van der Waals surface area contributed by atoms with Gasteiger partial charge in [0.1, 0.15) is 0 Å². The van der Waals surface area contributed by atoms with Crippen molar-refractivity contribution in [2.45, 2.75) is 56.7 Å². The molecule has 3 atom stereocenters. The molecule has 0 spiro atoms. The molecular weight excluding hydrogens is 254 g/mol. The Morgan fingerprint density at radius 3 is 3.15 bits per heavy atom. The van der Waals surface area contributed by atoms with Crippen LogP contribution in [-0.2, 0) is 9.53 Å². The van der Waals surface area contributed by atoms with E-state index in [9.17, 15) is 4.79 Å². The molecule has 0 bridgehead atoms. The van der Waals surface area contributed by atoms with Gasteiger partial charge in [0.05, 0.1) is 18.2 Å². The lowest BCUT2D eigenvalue weighted by Gasteiger charge is -2.37. The lowest BCUT2D eigenvalue weighted by atomic mass is 9.90. The largest absolute Gasteiger partial charge is 0.373 e. The number of hydrogen-bond donors (Lipinski definition) is 2. The summed E-state index contributed by atoms with van der Waals surface area (Å²) in [5, 5.41) is 6.45. The average molecular weight is 281 g/mol. The molecule has 0 aliphatic carbocycles. The number of carbonyl (C=O) groups is 1. The number of fused-ring (bicyclic) bond motifs is 1. The van der Waals surface area contributed by atoms with Gasteiger partial charge in [0.25, 0.3) is 0 Å². The van der Waals surface area contributed by atoms with Crippen molar-refractivity contribution in [3.05, 3.63) is 0 Å². The van der Waals surface area contributed by atoms with E-state index < -0.39 is 0 Å². The highest BCUT2D eigenvalue weighted by Gasteiger charge is 2.36. The number of nitrogens with one attached hydrogen (secondary N) is 2. The zero-order valence-corrected chi connectivity index (χ0v) is 12.5. The van der Waals surface area contributed by atoms with E-state index in [2.05, 4.69) is 15.5 Å². The van der Waals surface area contributed by atoms with Gasteiger partial charge in [0.15, 0.2) is 0 Å². The van der Waals surface area contributed by atoms with E-state index in [0.29, 0.717) is 12.6 Å². The second-order valence-electron chi connectivity index (χ2n) is 6.67. The average Bonchev–Trinajstić information content (AvgIpc) is 2.93. The molecule has 3 unspecified atom stereocenters. The molecular formula is C15H27N3O2. The van der Waals surface area contributed by atoms with Crippen molar-refractivity contribution >= 4 is 5.91 Å². The molecule has 5 nitrogen and oxygen atoms in total. The van der Waals surface area contributed by atoms with Crippen LogP contribution in [0.15, 0.2) is 0 Å². The second-order valence-corrected chi connectivity index (χ2v) is 6.67. The van der Waals surface area contributed by atoms with Gasteiger partial charge in [-0.1, -0.05) is 0 Å². The Kier molecular flexibility index (Phi) is 4.29. The lowest BCUT2D eigenvalue weighted by Crippen LogP contribution is -2.59. The summed E-state index contributed by atoms with van der Waals surface area (Å²) in [5.74, 6) is 0.129. The quantitative estimate of drug-likeness (QED) is 0.791. The molecule has 3 saturated heterocycles. The van der Waals surface area contributed by atoms with Crippen LogP contribution in [0.1, 0.15) is 39.0 Å². The van der Waals surface area contributed by atoms with E-state index >= 15 is 0 Å². The third kappa shape index (κ3) is 3.00. The van der Waals surface area contributed by atoms with Crippen molar-refractivity contribution < 1.29 is 9.53 Å². The smallest absolute Gasteiger partial charge is 0.240 e.